The van der Waals surface area contributed by atoms with Gasteiger partial charge in [0.05, 0.1) is 5.92 Å². The lowest BCUT2D eigenvalue weighted by molar-refractivity contribution is -0.143. The van der Waals surface area contributed by atoms with Gasteiger partial charge in [-0.2, -0.15) is 0 Å². The first-order valence-corrected chi connectivity index (χ1v) is 6.32. The maximum absolute atomic E-state index is 11.6. The van der Waals surface area contributed by atoms with Crippen molar-refractivity contribution < 1.29 is 14.7 Å². The molecule has 0 heterocycles. The lowest BCUT2D eigenvalue weighted by atomic mass is 9.67. The molecule has 0 aromatic heterocycles. The van der Waals surface area contributed by atoms with Crippen molar-refractivity contribution in [3.63, 3.8) is 0 Å². The molecule has 1 rings (SSSR count). The molecule has 1 aliphatic rings. The molecule has 17 heavy (non-hydrogen) atoms. The summed E-state index contributed by atoms with van der Waals surface area (Å²) < 4.78 is 0. The average molecular weight is 241 g/mol. The fourth-order valence-corrected chi connectivity index (χ4v) is 2.10. The average Bonchev–Trinajstić information content (AvgIpc) is 2.11. The maximum atomic E-state index is 11.6. The summed E-state index contributed by atoms with van der Waals surface area (Å²) in [5, 5.41) is 11.6. The van der Waals surface area contributed by atoms with Gasteiger partial charge in [-0.15, -0.1) is 0 Å². The van der Waals surface area contributed by atoms with Crippen LogP contribution in [0.5, 0.6) is 0 Å². The lowest BCUT2D eigenvalue weighted by Crippen LogP contribution is -2.41. The molecule has 4 heteroatoms. The van der Waals surface area contributed by atoms with E-state index in [-0.39, 0.29) is 17.7 Å². The van der Waals surface area contributed by atoms with Gasteiger partial charge in [0, 0.05) is 13.0 Å². The number of rotatable bonds is 6. The Bertz CT molecular complexity index is 295. The summed E-state index contributed by atoms with van der Waals surface area (Å²) >= 11 is 0. The van der Waals surface area contributed by atoms with Crippen LogP contribution in [0.15, 0.2) is 0 Å². The predicted molar refractivity (Wildman–Crippen MR) is 65.5 cm³/mol. The Hall–Kier alpha value is -1.06. The van der Waals surface area contributed by atoms with Crippen molar-refractivity contribution in [1.29, 1.82) is 0 Å². The minimum atomic E-state index is -0.918. The first-order valence-electron chi connectivity index (χ1n) is 6.32. The zero-order valence-corrected chi connectivity index (χ0v) is 11.0. The van der Waals surface area contributed by atoms with E-state index in [9.17, 15) is 9.59 Å². The normalized spacial score (nSPS) is 18.3. The molecule has 1 fully saturated rings. The monoisotopic (exact) mass is 241 g/mol. The number of carboxylic acid groups (broad SMARTS) is 1. The minimum Gasteiger partial charge on any atom is -0.481 e. The van der Waals surface area contributed by atoms with Crippen LogP contribution in [0.3, 0.4) is 0 Å². The molecule has 0 radical (unpaired) electrons. The van der Waals surface area contributed by atoms with Gasteiger partial charge in [-0.25, -0.2) is 0 Å². The quantitative estimate of drug-likeness (QED) is 0.748. The van der Waals surface area contributed by atoms with Gasteiger partial charge in [0.2, 0.25) is 5.91 Å². The molecule has 0 aromatic carbocycles. The van der Waals surface area contributed by atoms with Crippen molar-refractivity contribution in [3.05, 3.63) is 0 Å². The van der Waals surface area contributed by atoms with Crippen molar-refractivity contribution in [2.75, 3.05) is 6.54 Å². The number of carboxylic acids is 1. The molecule has 1 unspecified atom stereocenters. The number of hydrogen-bond donors (Lipinski definition) is 2. The Morgan fingerprint density at radius 1 is 1.41 bits per heavy atom. The molecule has 2 N–H and O–H groups in total. The number of nitrogens with one attached hydrogen (secondary N) is 1. The second-order valence-electron chi connectivity index (χ2n) is 5.84. The van der Waals surface area contributed by atoms with E-state index in [1.807, 2.05) is 0 Å². The van der Waals surface area contributed by atoms with Crippen molar-refractivity contribution in [2.45, 2.75) is 46.5 Å². The van der Waals surface area contributed by atoms with Crippen molar-refractivity contribution in [1.82, 2.24) is 5.32 Å². The third-order valence-electron chi connectivity index (χ3n) is 3.86. The topological polar surface area (TPSA) is 66.4 Å². The van der Waals surface area contributed by atoms with E-state index in [0.29, 0.717) is 12.5 Å². The molecule has 1 aliphatic carbocycles. The van der Waals surface area contributed by atoms with Gasteiger partial charge in [-0.3, -0.25) is 9.59 Å². The molecule has 0 saturated heterocycles. The summed E-state index contributed by atoms with van der Waals surface area (Å²) in [7, 11) is 0. The highest BCUT2D eigenvalue weighted by molar-refractivity contribution is 5.81. The van der Waals surface area contributed by atoms with E-state index in [1.54, 1.807) is 6.92 Å². The SMILES string of the molecule is CC(CC(=O)NCC(C)(C)C1CCC1)C(=O)O. The maximum Gasteiger partial charge on any atom is 0.306 e. The van der Waals surface area contributed by atoms with E-state index in [2.05, 4.69) is 19.2 Å². The zero-order valence-electron chi connectivity index (χ0n) is 11.0. The number of amides is 1. The summed E-state index contributed by atoms with van der Waals surface area (Å²) in [5.74, 6) is -0.993. The third kappa shape index (κ3) is 4.02. The summed E-state index contributed by atoms with van der Waals surface area (Å²) in [4.78, 5) is 22.2. The Kier molecular flexibility index (Phi) is 4.54. The predicted octanol–water partition coefficient (Wildman–Crippen LogP) is 2.04. The van der Waals surface area contributed by atoms with E-state index in [4.69, 9.17) is 5.11 Å². The summed E-state index contributed by atoms with van der Waals surface area (Å²) in [6, 6.07) is 0. The largest absolute Gasteiger partial charge is 0.481 e. The first-order chi connectivity index (χ1) is 7.83. The highest BCUT2D eigenvalue weighted by atomic mass is 16.4. The number of hydrogen-bond acceptors (Lipinski definition) is 2. The van der Waals surface area contributed by atoms with Crippen molar-refractivity contribution in [2.24, 2.45) is 17.3 Å². The van der Waals surface area contributed by atoms with Crippen LogP contribution in [0.25, 0.3) is 0 Å². The number of carbonyl (C=O) groups excluding carboxylic acids is 1. The Morgan fingerprint density at radius 3 is 2.41 bits per heavy atom. The summed E-state index contributed by atoms with van der Waals surface area (Å²) in [6.07, 6.45) is 3.84. The fourth-order valence-electron chi connectivity index (χ4n) is 2.10. The standard InChI is InChI=1S/C13H23NO3/c1-9(12(16)17)7-11(15)14-8-13(2,3)10-5-4-6-10/h9-10H,4-8H2,1-3H3,(H,14,15)(H,16,17). The van der Waals surface area contributed by atoms with Gasteiger partial charge in [0.1, 0.15) is 0 Å². The second-order valence-corrected chi connectivity index (χ2v) is 5.84. The molecule has 1 saturated carbocycles. The van der Waals surface area contributed by atoms with E-state index < -0.39 is 11.9 Å². The molecule has 4 nitrogen and oxygen atoms in total. The van der Waals surface area contributed by atoms with E-state index >= 15 is 0 Å². The molecule has 1 atom stereocenters. The molecule has 0 aliphatic heterocycles. The molecule has 0 bridgehead atoms. The third-order valence-corrected chi connectivity index (χ3v) is 3.86. The Labute approximate surface area is 103 Å². The lowest BCUT2D eigenvalue weighted by Gasteiger charge is -2.40. The smallest absolute Gasteiger partial charge is 0.306 e. The molecular formula is C13H23NO3. The summed E-state index contributed by atoms with van der Waals surface area (Å²) in [6.45, 7) is 6.53. The molecule has 98 valence electrons. The van der Waals surface area contributed by atoms with Crippen LogP contribution >= 0.6 is 0 Å². The first kappa shape index (κ1) is 14.0. The van der Waals surface area contributed by atoms with Gasteiger partial charge < -0.3 is 10.4 Å². The van der Waals surface area contributed by atoms with Gasteiger partial charge >= 0.3 is 5.97 Å². The molecule has 1 amide bonds. The van der Waals surface area contributed by atoms with Crippen LogP contribution in [0.4, 0.5) is 0 Å². The minimum absolute atomic E-state index is 0.0656. The van der Waals surface area contributed by atoms with Crippen molar-refractivity contribution in [3.8, 4) is 0 Å². The second kappa shape index (κ2) is 5.52. The van der Waals surface area contributed by atoms with Crippen LogP contribution in [0.2, 0.25) is 0 Å². The van der Waals surface area contributed by atoms with Crippen LogP contribution in [0, 0.1) is 17.3 Å². The summed E-state index contributed by atoms with van der Waals surface area (Å²) in [5.41, 5.74) is 0.125. The van der Waals surface area contributed by atoms with Gasteiger partial charge in [-0.05, 0) is 24.2 Å². The zero-order chi connectivity index (χ0) is 13.1. The van der Waals surface area contributed by atoms with Crippen LogP contribution in [0.1, 0.15) is 46.5 Å². The van der Waals surface area contributed by atoms with E-state index in [0.717, 1.165) is 0 Å². The molecule has 0 aromatic rings. The Morgan fingerprint density at radius 2 is 2.00 bits per heavy atom. The van der Waals surface area contributed by atoms with Crippen molar-refractivity contribution >= 4 is 11.9 Å². The Balaban J connectivity index is 2.29. The van der Waals surface area contributed by atoms with Crippen LogP contribution < -0.4 is 5.32 Å². The van der Waals surface area contributed by atoms with Crippen LogP contribution in [-0.2, 0) is 9.59 Å². The molecular weight excluding hydrogens is 218 g/mol. The van der Waals surface area contributed by atoms with Gasteiger partial charge in [0.25, 0.3) is 0 Å². The molecule has 0 spiro atoms. The number of aliphatic carboxylic acids is 1. The fraction of sp³-hybridized carbons (Fsp3) is 0.846. The van der Waals surface area contributed by atoms with E-state index in [1.165, 1.54) is 19.3 Å². The van der Waals surface area contributed by atoms with Crippen LogP contribution in [-0.4, -0.2) is 23.5 Å². The number of carbonyl (C=O) groups is 2. The highest BCUT2D eigenvalue weighted by Crippen LogP contribution is 2.41. The highest BCUT2D eigenvalue weighted by Gasteiger charge is 2.34. The van der Waals surface area contributed by atoms with Gasteiger partial charge in [-0.1, -0.05) is 27.2 Å². The van der Waals surface area contributed by atoms with Gasteiger partial charge in [0.15, 0.2) is 0 Å².